The predicted molar refractivity (Wildman–Crippen MR) is 63.2 cm³/mol. The quantitative estimate of drug-likeness (QED) is 0.863. The standard InChI is InChI=1S/C11H11ClN4/c1-7-14-10(16-11(13)15-7)6-8-4-2-3-5-9(8)12/h2-5H,6H2,1H3,(H2,13,14,15,16). The summed E-state index contributed by atoms with van der Waals surface area (Å²) in [6.07, 6.45) is 0.563. The van der Waals surface area contributed by atoms with Crippen molar-refractivity contribution in [2.75, 3.05) is 5.73 Å². The van der Waals surface area contributed by atoms with E-state index in [0.29, 0.717) is 23.1 Å². The largest absolute Gasteiger partial charge is 0.368 e. The van der Waals surface area contributed by atoms with Gasteiger partial charge in [-0.15, -0.1) is 0 Å². The fraction of sp³-hybridized carbons (Fsp3) is 0.182. The van der Waals surface area contributed by atoms with E-state index in [1.807, 2.05) is 24.3 Å². The van der Waals surface area contributed by atoms with Crippen molar-refractivity contribution in [3.8, 4) is 0 Å². The molecule has 0 saturated heterocycles. The van der Waals surface area contributed by atoms with E-state index in [2.05, 4.69) is 15.0 Å². The molecule has 4 nitrogen and oxygen atoms in total. The SMILES string of the molecule is Cc1nc(N)nc(Cc2ccccc2Cl)n1. The first-order valence-corrected chi connectivity index (χ1v) is 5.23. The number of halogens is 1. The summed E-state index contributed by atoms with van der Waals surface area (Å²) < 4.78 is 0. The highest BCUT2D eigenvalue weighted by Crippen LogP contribution is 2.17. The minimum absolute atomic E-state index is 0.245. The van der Waals surface area contributed by atoms with E-state index in [1.165, 1.54) is 0 Å². The topological polar surface area (TPSA) is 64.7 Å². The Morgan fingerprint density at radius 3 is 2.62 bits per heavy atom. The zero-order valence-electron chi connectivity index (χ0n) is 8.81. The summed E-state index contributed by atoms with van der Waals surface area (Å²) in [4.78, 5) is 12.2. The third-order valence-electron chi connectivity index (χ3n) is 2.12. The predicted octanol–water partition coefficient (Wildman–Crippen LogP) is 2.01. The lowest BCUT2D eigenvalue weighted by Gasteiger charge is -2.04. The Labute approximate surface area is 98.5 Å². The van der Waals surface area contributed by atoms with Crippen molar-refractivity contribution in [2.24, 2.45) is 0 Å². The molecule has 5 heteroatoms. The Morgan fingerprint density at radius 1 is 1.19 bits per heavy atom. The van der Waals surface area contributed by atoms with Gasteiger partial charge < -0.3 is 5.73 Å². The molecule has 2 N–H and O–H groups in total. The molecule has 0 aliphatic rings. The number of hydrogen-bond acceptors (Lipinski definition) is 4. The van der Waals surface area contributed by atoms with E-state index in [9.17, 15) is 0 Å². The Hall–Kier alpha value is -1.68. The van der Waals surface area contributed by atoms with Crippen LogP contribution in [0.3, 0.4) is 0 Å². The van der Waals surface area contributed by atoms with Crippen molar-refractivity contribution >= 4 is 17.5 Å². The molecule has 82 valence electrons. The molecule has 0 aliphatic carbocycles. The van der Waals surface area contributed by atoms with Gasteiger partial charge >= 0.3 is 0 Å². The first-order chi connectivity index (χ1) is 7.65. The Bertz CT molecular complexity index is 493. The van der Waals surface area contributed by atoms with Gasteiger partial charge in [-0.05, 0) is 18.6 Å². The van der Waals surface area contributed by atoms with Gasteiger partial charge in [0.2, 0.25) is 5.95 Å². The van der Waals surface area contributed by atoms with Crippen LogP contribution in [0.15, 0.2) is 24.3 Å². The first kappa shape index (κ1) is 10.8. The van der Waals surface area contributed by atoms with Crippen LogP contribution in [0.2, 0.25) is 5.02 Å². The second-order valence-corrected chi connectivity index (χ2v) is 3.83. The maximum atomic E-state index is 6.05. The number of aryl methyl sites for hydroxylation is 1. The van der Waals surface area contributed by atoms with Crippen LogP contribution < -0.4 is 5.73 Å². The van der Waals surface area contributed by atoms with E-state index in [4.69, 9.17) is 17.3 Å². The number of rotatable bonds is 2. The van der Waals surface area contributed by atoms with Gasteiger partial charge in [-0.2, -0.15) is 9.97 Å². The summed E-state index contributed by atoms with van der Waals surface area (Å²) in [6.45, 7) is 1.79. The molecular formula is C11H11ClN4. The zero-order chi connectivity index (χ0) is 11.5. The highest BCUT2D eigenvalue weighted by molar-refractivity contribution is 6.31. The molecule has 0 amide bonds. The summed E-state index contributed by atoms with van der Waals surface area (Å²) in [5, 5.41) is 0.708. The van der Waals surface area contributed by atoms with Gasteiger partial charge in [0.05, 0.1) is 0 Å². The number of anilines is 1. The highest BCUT2D eigenvalue weighted by atomic mass is 35.5. The van der Waals surface area contributed by atoms with Crippen LogP contribution in [0.4, 0.5) is 5.95 Å². The normalized spacial score (nSPS) is 10.4. The molecule has 16 heavy (non-hydrogen) atoms. The maximum Gasteiger partial charge on any atom is 0.223 e. The smallest absolute Gasteiger partial charge is 0.223 e. The monoisotopic (exact) mass is 234 g/mol. The van der Waals surface area contributed by atoms with Crippen molar-refractivity contribution in [3.05, 3.63) is 46.5 Å². The third kappa shape index (κ3) is 2.46. The summed E-state index contributed by atoms with van der Waals surface area (Å²) >= 11 is 6.05. The highest BCUT2D eigenvalue weighted by Gasteiger charge is 2.05. The fourth-order valence-corrected chi connectivity index (χ4v) is 1.65. The lowest BCUT2D eigenvalue weighted by Crippen LogP contribution is -2.05. The number of nitrogens with two attached hydrogens (primary N) is 1. The Morgan fingerprint density at radius 2 is 1.94 bits per heavy atom. The van der Waals surface area contributed by atoms with Gasteiger partial charge in [0, 0.05) is 11.4 Å². The number of benzene rings is 1. The minimum atomic E-state index is 0.245. The van der Waals surface area contributed by atoms with Gasteiger partial charge in [0.15, 0.2) is 0 Å². The van der Waals surface area contributed by atoms with Crippen molar-refractivity contribution in [3.63, 3.8) is 0 Å². The average molecular weight is 235 g/mol. The van der Waals surface area contributed by atoms with Crippen LogP contribution in [0.5, 0.6) is 0 Å². The van der Waals surface area contributed by atoms with E-state index in [0.717, 1.165) is 5.56 Å². The lowest BCUT2D eigenvalue weighted by atomic mass is 10.1. The maximum absolute atomic E-state index is 6.05. The van der Waals surface area contributed by atoms with Gasteiger partial charge in [-0.25, -0.2) is 4.98 Å². The molecule has 1 aromatic carbocycles. The Kier molecular flexibility index (Phi) is 3.01. The molecule has 2 aromatic rings. The molecule has 0 aliphatic heterocycles. The van der Waals surface area contributed by atoms with E-state index >= 15 is 0 Å². The van der Waals surface area contributed by atoms with Crippen LogP contribution in [0.1, 0.15) is 17.2 Å². The van der Waals surface area contributed by atoms with Crippen molar-refractivity contribution in [1.82, 2.24) is 15.0 Å². The molecule has 0 spiro atoms. The molecule has 1 heterocycles. The molecule has 0 bridgehead atoms. The fourth-order valence-electron chi connectivity index (χ4n) is 1.45. The summed E-state index contributed by atoms with van der Waals surface area (Å²) in [5.41, 5.74) is 6.54. The molecular weight excluding hydrogens is 224 g/mol. The summed E-state index contributed by atoms with van der Waals surface area (Å²) in [7, 11) is 0. The molecule has 0 atom stereocenters. The second-order valence-electron chi connectivity index (χ2n) is 3.43. The van der Waals surface area contributed by atoms with Crippen molar-refractivity contribution in [1.29, 1.82) is 0 Å². The molecule has 2 rings (SSSR count). The average Bonchev–Trinajstić information content (AvgIpc) is 2.20. The first-order valence-electron chi connectivity index (χ1n) is 4.85. The minimum Gasteiger partial charge on any atom is -0.368 e. The van der Waals surface area contributed by atoms with Crippen LogP contribution >= 0.6 is 11.6 Å². The van der Waals surface area contributed by atoms with Crippen LogP contribution in [0, 0.1) is 6.92 Å². The number of nitrogen functional groups attached to an aromatic ring is 1. The molecule has 0 fully saturated rings. The molecule has 0 saturated carbocycles. The third-order valence-corrected chi connectivity index (χ3v) is 2.49. The molecule has 1 aromatic heterocycles. The van der Waals surface area contributed by atoms with Crippen LogP contribution in [0.25, 0.3) is 0 Å². The zero-order valence-corrected chi connectivity index (χ0v) is 9.57. The molecule has 0 unspecified atom stereocenters. The van der Waals surface area contributed by atoms with Gasteiger partial charge in [0.25, 0.3) is 0 Å². The van der Waals surface area contributed by atoms with Gasteiger partial charge in [0.1, 0.15) is 11.6 Å². The number of hydrogen-bond donors (Lipinski definition) is 1. The van der Waals surface area contributed by atoms with E-state index in [1.54, 1.807) is 6.92 Å². The second kappa shape index (κ2) is 4.45. The van der Waals surface area contributed by atoms with Crippen LogP contribution in [-0.2, 0) is 6.42 Å². The van der Waals surface area contributed by atoms with Gasteiger partial charge in [-0.3, -0.25) is 0 Å². The molecule has 0 radical (unpaired) electrons. The van der Waals surface area contributed by atoms with Crippen molar-refractivity contribution < 1.29 is 0 Å². The van der Waals surface area contributed by atoms with E-state index in [-0.39, 0.29) is 5.95 Å². The van der Waals surface area contributed by atoms with Gasteiger partial charge in [-0.1, -0.05) is 29.8 Å². The van der Waals surface area contributed by atoms with Crippen LogP contribution in [-0.4, -0.2) is 15.0 Å². The summed E-state index contributed by atoms with van der Waals surface area (Å²) in [5.74, 6) is 1.50. The lowest BCUT2D eigenvalue weighted by molar-refractivity contribution is 0.890. The summed E-state index contributed by atoms with van der Waals surface area (Å²) in [6, 6.07) is 7.60. The van der Waals surface area contributed by atoms with Crippen molar-refractivity contribution in [2.45, 2.75) is 13.3 Å². The number of nitrogens with zero attached hydrogens (tertiary/aromatic N) is 3. The van der Waals surface area contributed by atoms with E-state index < -0.39 is 0 Å². The number of aromatic nitrogens is 3. The Balaban J connectivity index is 2.30.